The fraction of sp³-hybridized carbons (Fsp3) is 0.300. The first-order chi connectivity index (χ1) is 7.73. The van der Waals surface area contributed by atoms with E-state index in [9.17, 15) is 22.4 Å². The van der Waals surface area contributed by atoms with Crippen LogP contribution in [-0.4, -0.2) is 17.3 Å². The lowest BCUT2D eigenvalue weighted by Gasteiger charge is -2.19. The zero-order valence-corrected chi connectivity index (χ0v) is 9.02. The zero-order valence-electron chi connectivity index (χ0n) is 8.26. The van der Waals surface area contributed by atoms with Crippen molar-refractivity contribution in [2.75, 3.05) is 0 Å². The van der Waals surface area contributed by atoms with Gasteiger partial charge in [0.2, 0.25) is 0 Å². The summed E-state index contributed by atoms with van der Waals surface area (Å²) in [7, 11) is 0. The van der Waals surface area contributed by atoms with Crippen LogP contribution in [0.1, 0.15) is 17.9 Å². The number of hydrogen-bond acceptors (Lipinski definition) is 1. The van der Waals surface area contributed by atoms with E-state index in [1.165, 1.54) is 0 Å². The van der Waals surface area contributed by atoms with E-state index in [0.717, 1.165) is 18.2 Å². The maximum absolute atomic E-state index is 13.4. The zero-order chi connectivity index (χ0) is 13.2. The number of carboxylic acid groups (broad SMARTS) is 1. The van der Waals surface area contributed by atoms with Gasteiger partial charge in [-0.3, -0.25) is 4.79 Å². The molecular formula is C10H7ClF4O2. The van der Waals surface area contributed by atoms with Gasteiger partial charge in [-0.05, 0) is 6.07 Å². The SMILES string of the molecule is O=C(O)CC(c1cccc(Cl)c1F)C(F)(F)F. The molecule has 0 aliphatic rings. The molecule has 0 aromatic heterocycles. The number of alkyl halides is 3. The van der Waals surface area contributed by atoms with Gasteiger partial charge in [0, 0.05) is 5.56 Å². The van der Waals surface area contributed by atoms with E-state index in [1.54, 1.807) is 0 Å². The van der Waals surface area contributed by atoms with Crippen LogP contribution in [0.4, 0.5) is 17.6 Å². The molecule has 0 spiro atoms. The molecule has 0 amide bonds. The molecule has 0 saturated carbocycles. The van der Waals surface area contributed by atoms with Crippen LogP contribution in [0, 0.1) is 5.82 Å². The quantitative estimate of drug-likeness (QED) is 0.852. The van der Waals surface area contributed by atoms with Crippen LogP contribution in [0.2, 0.25) is 5.02 Å². The molecule has 1 rings (SSSR count). The standard InChI is InChI=1S/C10H7ClF4O2/c11-7-3-1-2-5(9(7)12)6(4-8(16)17)10(13,14)15/h1-3,6H,4H2,(H,16,17). The summed E-state index contributed by atoms with van der Waals surface area (Å²) in [6.45, 7) is 0. The highest BCUT2D eigenvalue weighted by molar-refractivity contribution is 6.30. The Morgan fingerprint density at radius 3 is 2.47 bits per heavy atom. The summed E-state index contributed by atoms with van der Waals surface area (Å²) in [5.74, 6) is -5.30. The van der Waals surface area contributed by atoms with Crippen LogP contribution in [0.15, 0.2) is 18.2 Å². The molecule has 0 saturated heterocycles. The first-order valence-electron chi connectivity index (χ1n) is 4.46. The molecule has 0 fully saturated rings. The van der Waals surface area contributed by atoms with Crippen LogP contribution in [0.25, 0.3) is 0 Å². The van der Waals surface area contributed by atoms with Crippen molar-refractivity contribution in [3.63, 3.8) is 0 Å². The van der Waals surface area contributed by atoms with Gasteiger partial charge < -0.3 is 5.11 Å². The van der Waals surface area contributed by atoms with Crippen LogP contribution >= 0.6 is 11.6 Å². The number of halogens is 5. The van der Waals surface area contributed by atoms with Crippen molar-refractivity contribution in [2.24, 2.45) is 0 Å². The second-order valence-corrected chi connectivity index (χ2v) is 3.74. The van der Waals surface area contributed by atoms with Gasteiger partial charge in [-0.15, -0.1) is 0 Å². The van der Waals surface area contributed by atoms with Gasteiger partial charge in [0.1, 0.15) is 5.82 Å². The van der Waals surface area contributed by atoms with Crippen molar-refractivity contribution in [1.82, 2.24) is 0 Å². The lowest BCUT2D eigenvalue weighted by atomic mass is 9.94. The molecule has 17 heavy (non-hydrogen) atoms. The third kappa shape index (κ3) is 3.33. The molecule has 94 valence electrons. The summed E-state index contributed by atoms with van der Waals surface area (Å²) in [5, 5.41) is 7.94. The maximum atomic E-state index is 13.4. The Morgan fingerprint density at radius 1 is 1.41 bits per heavy atom. The molecule has 7 heteroatoms. The summed E-state index contributed by atoms with van der Waals surface area (Å²) >= 11 is 5.35. The van der Waals surface area contributed by atoms with Crippen molar-refractivity contribution < 1.29 is 27.5 Å². The van der Waals surface area contributed by atoms with E-state index < -0.39 is 40.9 Å². The largest absolute Gasteiger partial charge is 0.481 e. The highest BCUT2D eigenvalue weighted by Gasteiger charge is 2.43. The molecule has 1 N–H and O–H groups in total. The van der Waals surface area contributed by atoms with E-state index in [1.807, 2.05) is 0 Å². The summed E-state index contributed by atoms with van der Waals surface area (Å²) in [6.07, 6.45) is -6.08. The lowest BCUT2D eigenvalue weighted by Crippen LogP contribution is -2.24. The molecule has 1 unspecified atom stereocenters. The van der Waals surface area contributed by atoms with Crippen LogP contribution in [0.3, 0.4) is 0 Å². The van der Waals surface area contributed by atoms with E-state index in [4.69, 9.17) is 16.7 Å². The second-order valence-electron chi connectivity index (χ2n) is 3.34. The van der Waals surface area contributed by atoms with E-state index in [0.29, 0.717) is 0 Å². The summed E-state index contributed by atoms with van der Waals surface area (Å²) in [6, 6.07) is 3.11. The fourth-order valence-corrected chi connectivity index (χ4v) is 1.55. The van der Waals surface area contributed by atoms with Gasteiger partial charge in [-0.25, -0.2) is 4.39 Å². The topological polar surface area (TPSA) is 37.3 Å². The number of aliphatic carboxylic acids is 1. The van der Waals surface area contributed by atoms with Crippen LogP contribution in [-0.2, 0) is 4.79 Å². The number of benzene rings is 1. The van der Waals surface area contributed by atoms with Gasteiger partial charge in [-0.2, -0.15) is 13.2 Å². The van der Waals surface area contributed by atoms with Gasteiger partial charge >= 0.3 is 12.1 Å². The van der Waals surface area contributed by atoms with Crippen molar-refractivity contribution in [1.29, 1.82) is 0 Å². The molecule has 1 aromatic rings. The van der Waals surface area contributed by atoms with Crippen LogP contribution < -0.4 is 0 Å². The Labute approximate surface area is 98.8 Å². The predicted molar refractivity (Wildman–Crippen MR) is 52.5 cm³/mol. The van der Waals surface area contributed by atoms with Crippen LogP contribution in [0.5, 0.6) is 0 Å². The molecule has 0 radical (unpaired) electrons. The molecule has 0 aliphatic carbocycles. The second kappa shape index (κ2) is 4.91. The average molecular weight is 271 g/mol. The Kier molecular flexibility index (Phi) is 3.98. The monoisotopic (exact) mass is 270 g/mol. The molecule has 1 aromatic carbocycles. The Hall–Kier alpha value is -1.30. The minimum absolute atomic E-state index is 0.470. The van der Waals surface area contributed by atoms with Gasteiger partial charge in [0.15, 0.2) is 0 Å². The smallest absolute Gasteiger partial charge is 0.396 e. The van der Waals surface area contributed by atoms with E-state index in [2.05, 4.69) is 0 Å². The maximum Gasteiger partial charge on any atom is 0.396 e. The van der Waals surface area contributed by atoms with Crippen molar-refractivity contribution in [3.8, 4) is 0 Å². The molecular weight excluding hydrogens is 264 g/mol. The molecule has 0 aliphatic heterocycles. The van der Waals surface area contributed by atoms with Crippen molar-refractivity contribution in [2.45, 2.75) is 18.5 Å². The number of rotatable bonds is 3. The predicted octanol–water partition coefficient (Wildman–Crippen LogP) is 3.60. The van der Waals surface area contributed by atoms with Gasteiger partial charge in [0.05, 0.1) is 17.4 Å². The van der Waals surface area contributed by atoms with Gasteiger partial charge in [0.25, 0.3) is 0 Å². The minimum Gasteiger partial charge on any atom is -0.481 e. The minimum atomic E-state index is -4.84. The lowest BCUT2D eigenvalue weighted by molar-refractivity contribution is -0.163. The normalized spacial score (nSPS) is 13.5. The Bertz CT molecular complexity index is 431. The molecule has 1 atom stereocenters. The number of hydrogen-bond donors (Lipinski definition) is 1. The average Bonchev–Trinajstić information content (AvgIpc) is 2.17. The van der Waals surface area contributed by atoms with Crippen molar-refractivity contribution >= 4 is 17.6 Å². The highest BCUT2D eigenvalue weighted by atomic mass is 35.5. The van der Waals surface area contributed by atoms with E-state index in [-0.39, 0.29) is 0 Å². The third-order valence-electron chi connectivity index (χ3n) is 2.13. The molecule has 2 nitrogen and oxygen atoms in total. The van der Waals surface area contributed by atoms with E-state index >= 15 is 0 Å². The first-order valence-corrected chi connectivity index (χ1v) is 4.83. The molecule has 0 heterocycles. The van der Waals surface area contributed by atoms with Gasteiger partial charge in [-0.1, -0.05) is 23.7 Å². The Balaban J connectivity index is 3.22. The summed E-state index contributed by atoms with van der Waals surface area (Å²) in [5.41, 5.74) is -0.757. The molecule has 0 bridgehead atoms. The first kappa shape index (κ1) is 13.8. The fourth-order valence-electron chi connectivity index (χ4n) is 1.37. The highest BCUT2D eigenvalue weighted by Crippen LogP contribution is 2.39. The number of carbonyl (C=O) groups is 1. The third-order valence-corrected chi connectivity index (χ3v) is 2.42. The number of carboxylic acids is 1. The van der Waals surface area contributed by atoms with Crippen molar-refractivity contribution in [3.05, 3.63) is 34.6 Å². The Morgan fingerprint density at radius 2 is 2.00 bits per heavy atom. The summed E-state index contributed by atoms with van der Waals surface area (Å²) < 4.78 is 51.2. The summed E-state index contributed by atoms with van der Waals surface area (Å²) in [4.78, 5) is 10.4.